The van der Waals surface area contributed by atoms with Crippen molar-refractivity contribution in [2.45, 2.75) is 50.5 Å². The topological polar surface area (TPSA) is 65.1 Å². The minimum atomic E-state index is -0.803. The maximum Gasteiger partial charge on any atom is 0.415 e. The van der Waals surface area contributed by atoms with Gasteiger partial charge in [-0.25, -0.2) is 9.18 Å². The van der Waals surface area contributed by atoms with E-state index in [-0.39, 0.29) is 0 Å². The van der Waals surface area contributed by atoms with E-state index in [1.54, 1.807) is 0 Å². The van der Waals surface area contributed by atoms with E-state index in [0.717, 1.165) is 22.3 Å². The van der Waals surface area contributed by atoms with Gasteiger partial charge in [-0.3, -0.25) is 9.69 Å². The summed E-state index contributed by atoms with van der Waals surface area (Å²) in [5, 5.41) is 0. The predicted octanol–water partition coefficient (Wildman–Crippen LogP) is 7.77. The molecule has 3 atom stereocenters. The molecule has 1 aliphatic heterocycles. The van der Waals surface area contributed by atoms with Crippen molar-refractivity contribution in [3.05, 3.63) is 131 Å². The Hall–Kier alpha value is -4.36. The van der Waals surface area contributed by atoms with Crippen LogP contribution in [0.2, 0.25) is 0 Å². The molecule has 216 valence electrons. The number of alkyl halides is 1. The number of halogens is 2. The van der Waals surface area contributed by atoms with Crippen LogP contribution in [-0.4, -0.2) is 24.3 Å². The van der Waals surface area contributed by atoms with Gasteiger partial charge < -0.3 is 14.2 Å². The summed E-state index contributed by atoms with van der Waals surface area (Å²) < 4.78 is 31.4. The summed E-state index contributed by atoms with van der Waals surface area (Å²) in [6.45, 7) is 1.72. The third-order valence-electron chi connectivity index (χ3n) is 7.18. The Morgan fingerprint density at radius 2 is 1.57 bits per heavy atom. The smallest absolute Gasteiger partial charge is 0.415 e. The van der Waals surface area contributed by atoms with Crippen LogP contribution in [-0.2, 0) is 33.2 Å². The minimum absolute atomic E-state index is 0.380. The molecule has 4 aromatic carbocycles. The molecule has 1 amide bonds. The van der Waals surface area contributed by atoms with E-state index < -0.39 is 36.1 Å². The average molecular weight is 588 g/mol. The van der Waals surface area contributed by atoms with Gasteiger partial charge in [-0.05, 0) is 71.5 Å². The minimum Gasteiger partial charge on any atom is -0.489 e. The van der Waals surface area contributed by atoms with Gasteiger partial charge >= 0.3 is 12.1 Å². The maximum atomic E-state index is 13.8. The number of ether oxygens (including phenoxy) is 3. The molecule has 0 spiro atoms. The first-order valence-corrected chi connectivity index (χ1v) is 14.3. The Balaban J connectivity index is 1.42. The van der Waals surface area contributed by atoms with Crippen molar-refractivity contribution in [2.75, 3.05) is 4.90 Å². The van der Waals surface area contributed by atoms with Crippen LogP contribution in [0.15, 0.2) is 103 Å². The van der Waals surface area contributed by atoms with E-state index in [9.17, 15) is 14.0 Å². The number of hydrogen-bond acceptors (Lipinski definition) is 5. The average Bonchev–Trinajstić information content (AvgIpc) is 3.36. The van der Waals surface area contributed by atoms with E-state index in [1.165, 1.54) is 36.1 Å². The molecule has 0 N–H and O–H groups in total. The van der Waals surface area contributed by atoms with E-state index in [0.29, 0.717) is 36.8 Å². The summed E-state index contributed by atoms with van der Waals surface area (Å²) in [6, 6.07) is 30.1. The van der Waals surface area contributed by atoms with E-state index in [2.05, 4.69) is 0 Å². The molecular weight excluding hydrogens is 557 g/mol. The summed E-state index contributed by atoms with van der Waals surface area (Å²) in [5.74, 6) is 0.219. The fraction of sp³-hybridized carbons (Fsp3) is 0.235. The van der Waals surface area contributed by atoms with Gasteiger partial charge in [0.1, 0.15) is 30.3 Å². The van der Waals surface area contributed by atoms with Crippen molar-refractivity contribution in [1.82, 2.24) is 0 Å². The number of aryl methyl sites for hydroxylation is 1. The van der Waals surface area contributed by atoms with Crippen molar-refractivity contribution in [3.8, 4) is 5.75 Å². The molecule has 1 saturated heterocycles. The van der Waals surface area contributed by atoms with Crippen LogP contribution < -0.4 is 9.64 Å². The van der Waals surface area contributed by atoms with Gasteiger partial charge in [-0.2, -0.15) is 0 Å². The zero-order chi connectivity index (χ0) is 29.5. The highest BCUT2D eigenvalue weighted by Gasteiger charge is 2.48. The summed E-state index contributed by atoms with van der Waals surface area (Å²) in [7, 11) is 0. The molecule has 3 unspecified atom stereocenters. The Morgan fingerprint density at radius 3 is 2.21 bits per heavy atom. The highest BCUT2D eigenvalue weighted by molar-refractivity contribution is 6.17. The SMILES string of the molecule is CC(=O)OC(CCc1ccccc1)C1OC(=O)N(c2ccc(F)cc2)C1c1ccc(OCc2ccc(CCl)cc2)cc1. The number of carbonyl (C=O) groups excluding carboxylic acids is 2. The highest BCUT2D eigenvalue weighted by Crippen LogP contribution is 2.41. The standard InChI is InChI=1S/C34H31ClFNO5/c1-23(38)41-31(20-11-24-5-3-2-4-6-24)33-32(37(34(39)42-33)29-16-14-28(36)15-17-29)27-12-18-30(19-13-27)40-22-26-9-7-25(21-35)8-10-26/h2-10,12-19,31-33H,11,20-22H2,1H3. The first kappa shape index (κ1) is 29.1. The van der Waals surface area contributed by atoms with Crippen molar-refractivity contribution in [3.63, 3.8) is 0 Å². The molecular formula is C34H31ClFNO5. The number of cyclic esters (lactones) is 1. The van der Waals surface area contributed by atoms with Crippen molar-refractivity contribution >= 4 is 29.4 Å². The zero-order valence-electron chi connectivity index (χ0n) is 23.1. The quantitative estimate of drug-likeness (QED) is 0.132. The van der Waals surface area contributed by atoms with Gasteiger partial charge in [0.05, 0.1) is 0 Å². The van der Waals surface area contributed by atoms with Gasteiger partial charge in [-0.1, -0.05) is 66.7 Å². The lowest BCUT2D eigenvalue weighted by atomic mass is 9.93. The number of benzene rings is 4. The van der Waals surface area contributed by atoms with Crippen molar-refractivity contribution in [2.24, 2.45) is 0 Å². The zero-order valence-corrected chi connectivity index (χ0v) is 23.9. The molecule has 4 aromatic rings. The lowest BCUT2D eigenvalue weighted by molar-refractivity contribution is -0.152. The third kappa shape index (κ3) is 7.09. The fourth-order valence-electron chi connectivity index (χ4n) is 5.09. The number of esters is 1. The Labute approximate surface area is 249 Å². The number of nitrogens with zero attached hydrogens (tertiary/aromatic N) is 1. The predicted molar refractivity (Wildman–Crippen MR) is 159 cm³/mol. The van der Waals surface area contributed by atoms with Crippen LogP contribution in [0.5, 0.6) is 5.75 Å². The Bertz CT molecular complexity index is 1480. The molecule has 8 heteroatoms. The molecule has 1 aliphatic rings. The number of anilines is 1. The van der Waals surface area contributed by atoms with Crippen LogP contribution in [0.25, 0.3) is 0 Å². The maximum absolute atomic E-state index is 13.8. The third-order valence-corrected chi connectivity index (χ3v) is 7.48. The van der Waals surface area contributed by atoms with Gasteiger partial charge in [-0.15, -0.1) is 11.6 Å². The van der Waals surface area contributed by atoms with Gasteiger partial charge in [0.2, 0.25) is 0 Å². The molecule has 0 bridgehead atoms. The lowest BCUT2D eigenvalue weighted by Gasteiger charge is -2.29. The lowest BCUT2D eigenvalue weighted by Crippen LogP contribution is -2.38. The molecule has 0 saturated carbocycles. The Morgan fingerprint density at radius 1 is 0.905 bits per heavy atom. The molecule has 0 radical (unpaired) electrons. The summed E-state index contributed by atoms with van der Waals surface area (Å²) in [6.07, 6.45) is -1.06. The Kier molecular flexibility index (Phi) is 9.39. The van der Waals surface area contributed by atoms with Crippen LogP contribution in [0.3, 0.4) is 0 Å². The van der Waals surface area contributed by atoms with Crippen molar-refractivity contribution < 1.29 is 28.2 Å². The van der Waals surface area contributed by atoms with Crippen LogP contribution in [0, 0.1) is 5.82 Å². The van der Waals surface area contributed by atoms with Crippen molar-refractivity contribution in [1.29, 1.82) is 0 Å². The van der Waals surface area contributed by atoms with Crippen LogP contribution >= 0.6 is 11.6 Å². The van der Waals surface area contributed by atoms with E-state index in [1.807, 2.05) is 78.9 Å². The highest BCUT2D eigenvalue weighted by atomic mass is 35.5. The number of hydrogen-bond donors (Lipinski definition) is 0. The van der Waals surface area contributed by atoms with E-state index in [4.69, 9.17) is 25.8 Å². The largest absolute Gasteiger partial charge is 0.489 e. The number of rotatable bonds is 11. The second kappa shape index (κ2) is 13.5. The molecule has 42 heavy (non-hydrogen) atoms. The molecule has 0 aliphatic carbocycles. The second-order valence-electron chi connectivity index (χ2n) is 10.1. The van der Waals surface area contributed by atoms with Crippen LogP contribution in [0.1, 0.15) is 41.6 Å². The summed E-state index contributed by atoms with van der Waals surface area (Å²) in [4.78, 5) is 27.0. The number of carbonyl (C=O) groups is 2. The molecule has 0 aromatic heterocycles. The first-order valence-electron chi connectivity index (χ1n) is 13.7. The fourth-order valence-corrected chi connectivity index (χ4v) is 5.27. The first-order chi connectivity index (χ1) is 20.4. The normalized spacial score (nSPS) is 17.0. The van der Waals surface area contributed by atoms with Gasteiger partial charge in [0.15, 0.2) is 6.10 Å². The van der Waals surface area contributed by atoms with E-state index >= 15 is 0 Å². The second-order valence-corrected chi connectivity index (χ2v) is 10.4. The molecule has 6 nitrogen and oxygen atoms in total. The van der Waals surface area contributed by atoms with Gasteiger partial charge in [0.25, 0.3) is 0 Å². The molecule has 5 rings (SSSR count). The summed E-state index contributed by atoms with van der Waals surface area (Å²) >= 11 is 5.88. The van der Waals surface area contributed by atoms with Crippen LogP contribution in [0.4, 0.5) is 14.9 Å². The van der Waals surface area contributed by atoms with Gasteiger partial charge in [0, 0.05) is 18.5 Å². The monoisotopic (exact) mass is 587 g/mol. The number of amides is 1. The molecule has 1 heterocycles. The summed E-state index contributed by atoms with van der Waals surface area (Å²) in [5.41, 5.74) is 4.34. The molecule has 1 fully saturated rings.